The van der Waals surface area contributed by atoms with Gasteiger partial charge in [-0.05, 0) is 64.6 Å². The summed E-state index contributed by atoms with van der Waals surface area (Å²) < 4.78 is 0. The van der Waals surface area contributed by atoms with Gasteiger partial charge in [-0.1, -0.05) is 6.92 Å². The van der Waals surface area contributed by atoms with Crippen LogP contribution in [0.15, 0.2) is 0 Å². The molecule has 2 aliphatic rings. The molecule has 2 N–H and O–H groups in total. The second-order valence-corrected chi connectivity index (χ2v) is 6.48. The number of carbonyl (C=O) groups excluding carboxylic acids is 1. The molecule has 0 radical (unpaired) electrons. The van der Waals surface area contributed by atoms with Gasteiger partial charge in [0.1, 0.15) is 0 Å². The lowest BCUT2D eigenvalue weighted by Gasteiger charge is -2.35. The van der Waals surface area contributed by atoms with Crippen LogP contribution in [0.1, 0.15) is 52.4 Å². The van der Waals surface area contributed by atoms with Crippen molar-refractivity contribution in [1.82, 2.24) is 15.5 Å². The summed E-state index contributed by atoms with van der Waals surface area (Å²) in [6, 6.07) is 1.06. The molecule has 1 saturated carbocycles. The van der Waals surface area contributed by atoms with E-state index in [2.05, 4.69) is 29.4 Å². The third-order valence-corrected chi connectivity index (χ3v) is 4.69. The van der Waals surface area contributed by atoms with Gasteiger partial charge in [-0.3, -0.25) is 4.79 Å². The van der Waals surface area contributed by atoms with Crippen LogP contribution in [0, 0.1) is 5.92 Å². The third-order valence-electron chi connectivity index (χ3n) is 4.69. The zero-order valence-electron chi connectivity index (χ0n) is 13.2. The Kier molecular flexibility index (Phi) is 6.30. The average molecular weight is 281 g/mol. The van der Waals surface area contributed by atoms with Gasteiger partial charge in [-0.25, -0.2) is 0 Å². The Morgan fingerprint density at radius 1 is 1.35 bits per heavy atom. The molecule has 116 valence electrons. The normalized spacial score (nSPS) is 25.4. The summed E-state index contributed by atoms with van der Waals surface area (Å²) in [5.41, 5.74) is 0. The zero-order valence-corrected chi connectivity index (χ0v) is 13.2. The van der Waals surface area contributed by atoms with Crippen molar-refractivity contribution < 1.29 is 4.79 Å². The molecule has 2 unspecified atom stereocenters. The predicted octanol–water partition coefficient (Wildman–Crippen LogP) is 1.76. The summed E-state index contributed by atoms with van der Waals surface area (Å²) in [4.78, 5) is 14.1. The lowest BCUT2D eigenvalue weighted by Crippen LogP contribution is -2.44. The first-order valence-corrected chi connectivity index (χ1v) is 8.44. The highest BCUT2D eigenvalue weighted by molar-refractivity contribution is 5.76. The fraction of sp³-hybridized carbons (Fsp3) is 0.938. The predicted molar refractivity (Wildman–Crippen MR) is 82.7 cm³/mol. The Morgan fingerprint density at radius 2 is 2.15 bits per heavy atom. The molecule has 1 amide bonds. The molecular weight excluding hydrogens is 250 g/mol. The zero-order chi connectivity index (χ0) is 14.4. The summed E-state index contributed by atoms with van der Waals surface area (Å²) in [7, 11) is 0. The van der Waals surface area contributed by atoms with Crippen LogP contribution < -0.4 is 10.6 Å². The highest BCUT2D eigenvalue weighted by atomic mass is 16.1. The van der Waals surface area contributed by atoms with Crippen LogP contribution in [0.4, 0.5) is 0 Å². The topological polar surface area (TPSA) is 44.4 Å². The van der Waals surface area contributed by atoms with Gasteiger partial charge < -0.3 is 15.5 Å². The maximum Gasteiger partial charge on any atom is 0.220 e. The number of carbonyl (C=O) groups is 1. The van der Waals surface area contributed by atoms with Crippen molar-refractivity contribution in [1.29, 1.82) is 0 Å². The van der Waals surface area contributed by atoms with Crippen molar-refractivity contribution in [2.75, 3.05) is 26.2 Å². The van der Waals surface area contributed by atoms with Crippen molar-refractivity contribution >= 4 is 5.91 Å². The molecule has 0 aromatic rings. The van der Waals surface area contributed by atoms with E-state index >= 15 is 0 Å². The van der Waals surface area contributed by atoms with E-state index in [-0.39, 0.29) is 5.91 Å². The van der Waals surface area contributed by atoms with Crippen molar-refractivity contribution in [3.63, 3.8) is 0 Å². The number of amides is 1. The smallest absolute Gasteiger partial charge is 0.220 e. The molecular formula is C16H31N3O. The van der Waals surface area contributed by atoms with Gasteiger partial charge in [-0.2, -0.15) is 0 Å². The van der Waals surface area contributed by atoms with E-state index in [1.54, 1.807) is 0 Å². The van der Waals surface area contributed by atoms with Crippen LogP contribution in [-0.2, 0) is 4.79 Å². The summed E-state index contributed by atoms with van der Waals surface area (Å²) in [6.07, 6.45) is 6.64. The molecule has 0 aromatic heterocycles. The lowest BCUT2D eigenvalue weighted by atomic mass is 9.91. The molecule has 20 heavy (non-hydrogen) atoms. The molecule has 1 saturated heterocycles. The van der Waals surface area contributed by atoms with Crippen LogP contribution in [0.2, 0.25) is 0 Å². The van der Waals surface area contributed by atoms with Crippen molar-refractivity contribution in [3.8, 4) is 0 Å². The third kappa shape index (κ3) is 5.41. The first-order valence-electron chi connectivity index (χ1n) is 8.44. The van der Waals surface area contributed by atoms with Gasteiger partial charge in [0, 0.05) is 25.0 Å². The van der Waals surface area contributed by atoms with Crippen LogP contribution >= 0.6 is 0 Å². The molecule has 4 nitrogen and oxygen atoms in total. The van der Waals surface area contributed by atoms with E-state index in [9.17, 15) is 4.79 Å². The maximum absolute atomic E-state index is 11.6. The summed E-state index contributed by atoms with van der Waals surface area (Å²) in [5, 5.41) is 6.66. The second-order valence-electron chi connectivity index (χ2n) is 6.48. The van der Waals surface area contributed by atoms with Gasteiger partial charge in [0.2, 0.25) is 5.91 Å². The number of hydrogen-bond acceptors (Lipinski definition) is 3. The molecule has 2 atom stereocenters. The van der Waals surface area contributed by atoms with E-state index < -0.39 is 0 Å². The maximum atomic E-state index is 11.6. The molecule has 0 aromatic carbocycles. The van der Waals surface area contributed by atoms with Crippen molar-refractivity contribution in [2.45, 2.75) is 64.5 Å². The Labute approximate surface area is 123 Å². The fourth-order valence-electron chi connectivity index (χ4n) is 3.06. The molecule has 1 aliphatic carbocycles. The number of piperidine rings is 1. The van der Waals surface area contributed by atoms with Gasteiger partial charge >= 0.3 is 0 Å². The monoisotopic (exact) mass is 281 g/mol. The number of rotatable bonds is 8. The minimum atomic E-state index is 0.233. The Hall–Kier alpha value is -0.610. The standard InChI is InChI=1S/C16H31N3O/c1-3-19-11-5-6-14(12-19)13(2)17-10-4-7-16(20)18-15-8-9-15/h13-15,17H,3-12H2,1-2H3,(H,18,20). The largest absolute Gasteiger partial charge is 0.353 e. The summed E-state index contributed by atoms with van der Waals surface area (Å²) in [6.45, 7) is 9.17. The molecule has 0 spiro atoms. The molecule has 1 heterocycles. The highest BCUT2D eigenvalue weighted by Gasteiger charge is 2.24. The van der Waals surface area contributed by atoms with E-state index in [0.29, 0.717) is 18.5 Å². The van der Waals surface area contributed by atoms with Crippen LogP contribution in [0.25, 0.3) is 0 Å². The van der Waals surface area contributed by atoms with E-state index in [1.165, 1.54) is 45.3 Å². The number of nitrogens with one attached hydrogen (secondary N) is 2. The second kappa shape index (κ2) is 7.99. The minimum Gasteiger partial charge on any atom is -0.353 e. The average Bonchev–Trinajstić information content (AvgIpc) is 3.27. The molecule has 2 fully saturated rings. The fourth-order valence-corrected chi connectivity index (χ4v) is 3.06. The Balaban J connectivity index is 1.54. The Bertz CT molecular complexity index is 304. The van der Waals surface area contributed by atoms with Crippen LogP contribution in [0.5, 0.6) is 0 Å². The molecule has 4 heteroatoms. The molecule has 0 bridgehead atoms. The quantitative estimate of drug-likeness (QED) is 0.666. The first kappa shape index (κ1) is 15.8. The molecule has 1 aliphatic heterocycles. The molecule has 2 rings (SSSR count). The first-order chi connectivity index (χ1) is 9.69. The number of nitrogens with zero attached hydrogens (tertiary/aromatic N) is 1. The minimum absolute atomic E-state index is 0.233. The van der Waals surface area contributed by atoms with Gasteiger partial charge in [0.05, 0.1) is 0 Å². The summed E-state index contributed by atoms with van der Waals surface area (Å²) >= 11 is 0. The SMILES string of the molecule is CCN1CCCC(C(C)NCCCC(=O)NC2CC2)C1. The van der Waals surface area contributed by atoms with Gasteiger partial charge in [-0.15, -0.1) is 0 Å². The van der Waals surface area contributed by atoms with E-state index in [0.717, 1.165) is 18.9 Å². The van der Waals surface area contributed by atoms with E-state index in [4.69, 9.17) is 0 Å². The highest BCUT2D eigenvalue weighted by Crippen LogP contribution is 2.20. The number of likely N-dealkylation sites (tertiary alicyclic amines) is 1. The van der Waals surface area contributed by atoms with Gasteiger partial charge in [0.25, 0.3) is 0 Å². The van der Waals surface area contributed by atoms with Gasteiger partial charge in [0.15, 0.2) is 0 Å². The lowest BCUT2D eigenvalue weighted by molar-refractivity contribution is -0.121. The van der Waals surface area contributed by atoms with Crippen LogP contribution in [0.3, 0.4) is 0 Å². The van der Waals surface area contributed by atoms with Crippen molar-refractivity contribution in [2.24, 2.45) is 5.92 Å². The van der Waals surface area contributed by atoms with E-state index in [1.807, 2.05) is 0 Å². The summed E-state index contributed by atoms with van der Waals surface area (Å²) in [5.74, 6) is 1.00. The van der Waals surface area contributed by atoms with Crippen LogP contribution in [-0.4, -0.2) is 49.1 Å². The van der Waals surface area contributed by atoms with Crippen molar-refractivity contribution in [3.05, 3.63) is 0 Å². The Morgan fingerprint density at radius 3 is 2.85 bits per heavy atom. The number of hydrogen-bond donors (Lipinski definition) is 2.